The first-order valence-corrected chi connectivity index (χ1v) is 8.95. The highest BCUT2D eigenvalue weighted by Gasteiger charge is 2.33. The lowest BCUT2D eigenvalue weighted by atomic mass is 10.2. The predicted octanol–water partition coefficient (Wildman–Crippen LogP) is 2.74. The number of aliphatic imine (C=N–C) groups is 1. The van der Waals surface area contributed by atoms with Crippen LogP contribution in [0.4, 0.5) is 0 Å². The van der Waals surface area contributed by atoms with E-state index < -0.39 is 16.2 Å². The Hall–Kier alpha value is -0.530. The lowest BCUT2D eigenvalue weighted by molar-refractivity contribution is 0.331. The van der Waals surface area contributed by atoms with Crippen molar-refractivity contribution in [1.82, 2.24) is 4.31 Å². The molecule has 1 aliphatic rings. The highest BCUT2D eigenvalue weighted by Crippen LogP contribution is 2.31. The summed E-state index contributed by atoms with van der Waals surface area (Å²) in [5.74, 6) is 0. The summed E-state index contributed by atoms with van der Waals surface area (Å²) in [7, 11) is -3.59. The maximum Gasteiger partial charge on any atom is 0.254 e. The number of rotatable bonds is 3. The van der Waals surface area contributed by atoms with E-state index >= 15 is 0 Å². The Morgan fingerprint density at radius 1 is 1.37 bits per heavy atom. The molecule has 2 heterocycles. The topological polar surface area (TPSA) is 66.8 Å². The van der Waals surface area contributed by atoms with Crippen LogP contribution in [0.25, 0.3) is 0 Å². The minimum Gasteiger partial charge on any atom is -0.211 e. The van der Waals surface area contributed by atoms with Gasteiger partial charge in [-0.3, -0.25) is 0 Å². The van der Waals surface area contributed by atoms with Gasteiger partial charge in [-0.2, -0.15) is 9.30 Å². The molecule has 0 radical (unpaired) electrons. The monoisotopic (exact) mass is 364 g/mol. The third-order valence-electron chi connectivity index (χ3n) is 2.99. The van der Waals surface area contributed by atoms with Crippen LogP contribution in [-0.4, -0.2) is 31.5 Å². The normalized spacial score (nSPS) is 21.6. The standard InChI is InChI=1S/C11H13BrN2O3S2/c12-9-5-6-11(18-9)19(16,17)14-7-3-1-2-4-10(14)13-8-15/h5-6,10H,1-4,7H2. The number of halogens is 1. The first kappa shape index (κ1) is 14.9. The third-order valence-corrected chi connectivity index (χ3v) is 6.97. The summed E-state index contributed by atoms with van der Waals surface area (Å²) in [6.07, 6.45) is 4.05. The van der Waals surface area contributed by atoms with E-state index in [4.69, 9.17) is 0 Å². The molecule has 2 rings (SSSR count). The van der Waals surface area contributed by atoms with Crippen molar-refractivity contribution < 1.29 is 13.2 Å². The number of nitrogens with zero attached hydrogens (tertiary/aromatic N) is 2. The van der Waals surface area contributed by atoms with E-state index in [-0.39, 0.29) is 4.21 Å². The largest absolute Gasteiger partial charge is 0.254 e. The lowest BCUT2D eigenvalue weighted by Gasteiger charge is -2.24. The van der Waals surface area contributed by atoms with Crippen molar-refractivity contribution >= 4 is 43.4 Å². The molecule has 0 amide bonds. The minimum absolute atomic E-state index is 0.271. The summed E-state index contributed by atoms with van der Waals surface area (Å²) in [6, 6.07) is 3.27. The average molecular weight is 365 g/mol. The molecule has 8 heteroatoms. The zero-order chi connectivity index (χ0) is 13.9. The summed E-state index contributed by atoms with van der Waals surface area (Å²) in [5.41, 5.74) is 0. The van der Waals surface area contributed by atoms with Crippen molar-refractivity contribution in [3.05, 3.63) is 15.9 Å². The molecular formula is C11H13BrN2O3S2. The smallest absolute Gasteiger partial charge is 0.211 e. The number of carbonyl (C=O) groups excluding carboxylic acids is 1. The van der Waals surface area contributed by atoms with Gasteiger partial charge in [-0.15, -0.1) is 11.3 Å². The summed E-state index contributed by atoms with van der Waals surface area (Å²) in [4.78, 5) is 14.1. The Kier molecular flexibility index (Phi) is 4.92. The van der Waals surface area contributed by atoms with Gasteiger partial charge in [0, 0.05) is 6.54 Å². The van der Waals surface area contributed by atoms with Crippen molar-refractivity contribution in [3.63, 3.8) is 0 Å². The van der Waals surface area contributed by atoms with Gasteiger partial charge in [0.25, 0.3) is 10.0 Å². The third kappa shape index (κ3) is 3.32. The molecule has 0 spiro atoms. The molecule has 104 valence electrons. The first-order valence-electron chi connectivity index (χ1n) is 5.90. The maximum atomic E-state index is 12.6. The van der Waals surface area contributed by atoms with E-state index in [1.165, 1.54) is 10.4 Å². The quantitative estimate of drug-likeness (QED) is 0.611. The fourth-order valence-electron chi connectivity index (χ4n) is 2.09. The van der Waals surface area contributed by atoms with Crippen LogP contribution in [0.15, 0.2) is 25.1 Å². The molecular weight excluding hydrogens is 352 g/mol. The van der Waals surface area contributed by atoms with Crippen LogP contribution in [-0.2, 0) is 14.8 Å². The predicted molar refractivity (Wildman–Crippen MR) is 76.3 cm³/mol. The van der Waals surface area contributed by atoms with E-state index in [0.29, 0.717) is 13.0 Å². The SMILES string of the molecule is O=C=NC1CCCCCN1S(=O)(=O)c1ccc(Br)s1. The average Bonchev–Trinajstić information content (AvgIpc) is 2.67. The van der Waals surface area contributed by atoms with Gasteiger partial charge >= 0.3 is 0 Å². The van der Waals surface area contributed by atoms with E-state index in [1.54, 1.807) is 12.1 Å². The van der Waals surface area contributed by atoms with Crippen LogP contribution in [0.3, 0.4) is 0 Å². The fourth-order valence-corrected chi connectivity index (χ4v) is 5.82. The van der Waals surface area contributed by atoms with Gasteiger partial charge in [-0.05, 0) is 47.3 Å². The van der Waals surface area contributed by atoms with E-state index in [0.717, 1.165) is 34.4 Å². The van der Waals surface area contributed by atoms with Gasteiger partial charge in [0.1, 0.15) is 10.4 Å². The summed E-state index contributed by atoms with van der Waals surface area (Å²) in [5, 5.41) is 0. The van der Waals surface area contributed by atoms with E-state index in [9.17, 15) is 13.2 Å². The fraction of sp³-hybridized carbons (Fsp3) is 0.545. The summed E-state index contributed by atoms with van der Waals surface area (Å²) in [6.45, 7) is 0.397. The van der Waals surface area contributed by atoms with Crippen LogP contribution >= 0.6 is 27.3 Å². The Morgan fingerprint density at radius 3 is 2.79 bits per heavy atom. The second-order valence-electron chi connectivity index (χ2n) is 4.22. The number of hydrogen-bond acceptors (Lipinski definition) is 5. The Balaban J connectivity index is 2.37. The molecule has 0 N–H and O–H groups in total. The van der Waals surface area contributed by atoms with Gasteiger partial charge < -0.3 is 0 Å². The molecule has 1 atom stereocenters. The number of isocyanates is 1. The Labute approximate surface area is 124 Å². The van der Waals surface area contributed by atoms with Crippen molar-refractivity contribution in [2.75, 3.05) is 6.54 Å². The first-order chi connectivity index (χ1) is 9.05. The van der Waals surface area contributed by atoms with Crippen molar-refractivity contribution in [3.8, 4) is 0 Å². The van der Waals surface area contributed by atoms with Crippen LogP contribution < -0.4 is 0 Å². The molecule has 1 aliphatic heterocycles. The van der Waals surface area contributed by atoms with Gasteiger partial charge in [-0.1, -0.05) is 6.42 Å². The minimum atomic E-state index is -3.59. The van der Waals surface area contributed by atoms with Crippen LogP contribution in [0, 0.1) is 0 Å². The zero-order valence-corrected chi connectivity index (χ0v) is 13.3. The van der Waals surface area contributed by atoms with Gasteiger partial charge in [0.15, 0.2) is 0 Å². The van der Waals surface area contributed by atoms with Crippen LogP contribution in [0.1, 0.15) is 25.7 Å². The molecule has 0 aliphatic carbocycles. The molecule has 1 aromatic rings. The lowest BCUT2D eigenvalue weighted by Crippen LogP contribution is -2.38. The Morgan fingerprint density at radius 2 is 2.16 bits per heavy atom. The zero-order valence-electron chi connectivity index (χ0n) is 10.1. The molecule has 1 saturated heterocycles. The molecule has 19 heavy (non-hydrogen) atoms. The molecule has 1 fully saturated rings. The number of thiophene rings is 1. The van der Waals surface area contributed by atoms with Crippen LogP contribution in [0.5, 0.6) is 0 Å². The number of hydrogen-bond donors (Lipinski definition) is 0. The van der Waals surface area contributed by atoms with E-state index in [1.807, 2.05) is 0 Å². The molecule has 1 unspecified atom stereocenters. The Bertz CT molecular complexity index is 593. The molecule has 0 bridgehead atoms. The molecule has 0 aromatic carbocycles. The van der Waals surface area contributed by atoms with Crippen molar-refractivity contribution in [2.45, 2.75) is 36.1 Å². The van der Waals surface area contributed by atoms with Gasteiger partial charge in [0.05, 0.1) is 3.79 Å². The van der Waals surface area contributed by atoms with Crippen LogP contribution in [0.2, 0.25) is 0 Å². The van der Waals surface area contributed by atoms with Gasteiger partial charge in [0.2, 0.25) is 6.08 Å². The second-order valence-corrected chi connectivity index (χ2v) is 8.81. The molecule has 5 nitrogen and oxygen atoms in total. The second kappa shape index (κ2) is 6.28. The van der Waals surface area contributed by atoms with E-state index in [2.05, 4.69) is 20.9 Å². The highest BCUT2D eigenvalue weighted by atomic mass is 79.9. The van der Waals surface area contributed by atoms with Crippen molar-refractivity contribution in [2.24, 2.45) is 4.99 Å². The number of sulfonamides is 1. The molecule has 1 aromatic heterocycles. The summed E-state index contributed by atoms with van der Waals surface area (Å²) < 4.78 is 27.5. The van der Waals surface area contributed by atoms with Crippen molar-refractivity contribution in [1.29, 1.82) is 0 Å². The molecule has 0 saturated carbocycles. The van der Waals surface area contributed by atoms with Gasteiger partial charge in [-0.25, -0.2) is 13.2 Å². The maximum absolute atomic E-state index is 12.6. The summed E-state index contributed by atoms with van der Waals surface area (Å²) >= 11 is 4.42. The highest BCUT2D eigenvalue weighted by molar-refractivity contribution is 9.11.